The highest BCUT2D eigenvalue weighted by Crippen LogP contribution is 2.35. The van der Waals surface area contributed by atoms with Gasteiger partial charge in [0.05, 0.1) is 0 Å². The van der Waals surface area contributed by atoms with E-state index in [1.807, 2.05) is 0 Å². The minimum absolute atomic E-state index is 0.739. The van der Waals surface area contributed by atoms with Gasteiger partial charge in [-0.05, 0) is 41.9 Å². The zero-order valence-corrected chi connectivity index (χ0v) is 8.77. The van der Waals surface area contributed by atoms with Crippen molar-refractivity contribution in [2.24, 2.45) is 0 Å². The monoisotopic (exact) mass is 194 g/mol. The fourth-order valence-electron chi connectivity index (χ4n) is 2.35. The average Bonchev–Trinajstić information content (AvgIpc) is 2.50. The Kier molecular flexibility index (Phi) is 2.59. The number of hydrogen-bond donors (Lipinski definition) is 0. The minimum Gasteiger partial charge on any atom is -0.126 e. The summed E-state index contributed by atoms with van der Waals surface area (Å²) >= 11 is 5.79. The lowest BCUT2D eigenvalue weighted by Crippen LogP contribution is -1.96. The van der Waals surface area contributed by atoms with Gasteiger partial charge in [-0.25, -0.2) is 0 Å². The second kappa shape index (κ2) is 3.71. The SMILES string of the molecule is CC1CCc2cccc(CCCl)c21. The van der Waals surface area contributed by atoms with E-state index in [0.29, 0.717) is 0 Å². The van der Waals surface area contributed by atoms with Crippen molar-refractivity contribution in [1.29, 1.82) is 0 Å². The van der Waals surface area contributed by atoms with E-state index in [1.165, 1.54) is 18.4 Å². The van der Waals surface area contributed by atoms with Gasteiger partial charge in [0, 0.05) is 5.88 Å². The zero-order valence-electron chi connectivity index (χ0n) is 8.02. The van der Waals surface area contributed by atoms with Crippen molar-refractivity contribution in [3.05, 3.63) is 34.9 Å². The smallest absolute Gasteiger partial charge is 0.0264 e. The molecule has 0 heterocycles. The Morgan fingerprint density at radius 3 is 3.08 bits per heavy atom. The van der Waals surface area contributed by atoms with Crippen molar-refractivity contribution >= 4 is 11.6 Å². The normalized spacial score (nSPS) is 20.3. The van der Waals surface area contributed by atoms with Crippen molar-refractivity contribution in [2.45, 2.75) is 32.1 Å². The molecule has 1 unspecified atom stereocenters. The van der Waals surface area contributed by atoms with Gasteiger partial charge in [0.2, 0.25) is 0 Å². The molecule has 0 aromatic heterocycles. The molecular weight excluding hydrogens is 180 g/mol. The number of fused-ring (bicyclic) bond motifs is 1. The molecule has 0 bridgehead atoms. The Hall–Kier alpha value is -0.490. The lowest BCUT2D eigenvalue weighted by Gasteiger charge is -2.10. The predicted octanol–water partition coefficient (Wildman–Crippen LogP) is 3.52. The largest absolute Gasteiger partial charge is 0.126 e. The maximum absolute atomic E-state index is 5.79. The molecule has 1 atom stereocenters. The van der Waals surface area contributed by atoms with E-state index in [9.17, 15) is 0 Å². The summed E-state index contributed by atoms with van der Waals surface area (Å²) in [5, 5.41) is 0. The second-order valence-corrected chi connectivity index (χ2v) is 4.25. The number of hydrogen-bond acceptors (Lipinski definition) is 0. The second-order valence-electron chi connectivity index (χ2n) is 3.87. The number of rotatable bonds is 2. The molecule has 1 heteroatoms. The molecule has 70 valence electrons. The average molecular weight is 195 g/mol. The van der Waals surface area contributed by atoms with Gasteiger partial charge in [-0.15, -0.1) is 11.6 Å². The van der Waals surface area contributed by atoms with Gasteiger partial charge in [0.1, 0.15) is 0 Å². The molecule has 0 aliphatic heterocycles. The predicted molar refractivity (Wildman–Crippen MR) is 57.6 cm³/mol. The molecule has 2 rings (SSSR count). The van der Waals surface area contributed by atoms with Gasteiger partial charge < -0.3 is 0 Å². The Labute approximate surface area is 84.9 Å². The van der Waals surface area contributed by atoms with Gasteiger partial charge in [-0.3, -0.25) is 0 Å². The highest BCUT2D eigenvalue weighted by Gasteiger charge is 2.20. The van der Waals surface area contributed by atoms with Crippen molar-refractivity contribution < 1.29 is 0 Å². The van der Waals surface area contributed by atoms with Gasteiger partial charge in [-0.1, -0.05) is 25.1 Å². The van der Waals surface area contributed by atoms with Crippen LogP contribution >= 0.6 is 11.6 Å². The standard InChI is InChI=1S/C12H15Cl/c1-9-5-6-10-3-2-4-11(7-8-13)12(9)10/h2-4,9H,5-8H2,1H3. The summed E-state index contributed by atoms with van der Waals surface area (Å²) in [7, 11) is 0. The Bertz CT molecular complexity index is 304. The molecule has 0 saturated carbocycles. The molecule has 0 fully saturated rings. The lowest BCUT2D eigenvalue weighted by atomic mass is 9.96. The Morgan fingerprint density at radius 2 is 2.31 bits per heavy atom. The van der Waals surface area contributed by atoms with E-state index in [0.717, 1.165) is 18.2 Å². The summed E-state index contributed by atoms with van der Waals surface area (Å²) in [4.78, 5) is 0. The Morgan fingerprint density at radius 1 is 1.46 bits per heavy atom. The lowest BCUT2D eigenvalue weighted by molar-refractivity contribution is 0.741. The molecule has 1 aromatic carbocycles. The summed E-state index contributed by atoms with van der Waals surface area (Å²) in [6, 6.07) is 6.65. The zero-order chi connectivity index (χ0) is 9.26. The van der Waals surface area contributed by atoms with E-state index in [4.69, 9.17) is 11.6 Å². The van der Waals surface area contributed by atoms with E-state index >= 15 is 0 Å². The number of halogens is 1. The molecule has 0 saturated heterocycles. The third kappa shape index (κ3) is 1.60. The van der Waals surface area contributed by atoms with E-state index in [1.54, 1.807) is 11.1 Å². The molecule has 13 heavy (non-hydrogen) atoms. The van der Waals surface area contributed by atoms with Crippen LogP contribution in [0.3, 0.4) is 0 Å². The topological polar surface area (TPSA) is 0 Å². The van der Waals surface area contributed by atoms with Crippen molar-refractivity contribution in [3.8, 4) is 0 Å². The molecule has 0 nitrogen and oxygen atoms in total. The maximum Gasteiger partial charge on any atom is 0.0264 e. The summed E-state index contributed by atoms with van der Waals surface area (Å²) in [6.45, 7) is 2.32. The molecule has 1 aliphatic rings. The number of benzene rings is 1. The van der Waals surface area contributed by atoms with Crippen LogP contribution < -0.4 is 0 Å². The van der Waals surface area contributed by atoms with Crippen LogP contribution in [0.1, 0.15) is 36.0 Å². The number of aryl methyl sites for hydroxylation is 2. The summed E-state index contributed by atoms with van der Waals surface area (Å²) in [6.07, 6.45) is 3.59. The number of alkyl halides is 1. The fraction of sp³-hybridized carbons (Fsp3) is 0.500. The summed E-state index contributed by atoms with van der Waals surface area (Å²) < 4.78 is 0. The van der Waals surface area contributed by atoms with E-state index in [-0.39, 0.29) is 0 Å². The summed E-state index contributed by atoms with van der Waals surface area (Å²) in [5.74, 6) is 1.48. The highest BCUT2D eigenvalue weighted by atomic mass is 35.5. The van der Waals surface area contributed by atoms with Crippen LogP contribution in [0, 0.1) is 0 Å². The third-order valence-corrected chi connectivity index (χ3v) is 3.18. The van der Waals surface area contributed by atoms with E-state index < -0.39 is 0 Å². The molecule has 0 amide bonds. The van der Waals surface area contributed by atoms with Crippen LogP contribution in [-0.4, -0.2) is 5.88 Å². The first-order valence-corrected chi connectivity index (χ1v) is 5.53. The van der Waals surface area contributed by atoms with Crippen molar-refractivity contribution in [1.82, 2.24) is 0 Å². The first-order chi connectivity index (χ1) is 6.33. The van der Waals surface area contributed by atoms with Crippen LogP contribution in [0.5, 0.6) is 0 Å². The molecule has 1 aliphatic carbocycles. The molecular formula is C12H15Cl. The van der Waals surface area contributed by atoms with Gasteiger partial charge in [0.25, 0.3) is 0 Å². The molecule has 0 N–H and O–H groups in total. The first-order valence-electron chi connectivity index (χ1n) is 4.99. The highest BCUT2D eigenvalue weighted by molar-refractivity contribution is 6.18. The van der Waals surface area contributed by atoms with Crippen molar-refractivity contribution in [3.63, 3.8) is 0 Å². The van der Waals surface area contributed by atoms with Crippen LogP contribution in [0.4, 0.5) is 0 Å². The molecule has 0 spiro atoms. The van der Waals surface area contributed by atoms with Crippen LogP contribution in [0.25, 0.3) is 0 Å². The minimum atomic E-state index is 0.739. The first kappa shape index (κ1) is 9.08. The summed E-state index contributed by atoms with van der Waals surface area (Å²) in [5.41, 5.74) is 4.61. The van der Waals surface area contributed by atoms with Crippen LogP contribution in [-0.2, 0) is 12.8 Å². The fourth-order valence-corrected chi connectivity index (χ4v) is 2.56. The van der Waals surface area contributed by atoms with Crippen LogP contribution in [0.15, 0.2) is 18.2 Å². The maximum atomic E-state index is 5.79. The van der Waals surface area contributed by atoms with Crippen molar-refractivity contribution in [2.75, 3.05) is 5.88 Å². The third-order valence-electron chi connectivity index (χ3n) is 2.99. The molecule has 1 aromatic rings. The quantitative estimate of drug-likeness (QED) is 0.632. The molecule has 0 radical (unpaired) electrons. The van der Waals surface area contributed by atoms with Gasteiger partial charge in [-0.2, -0.15) is 0 Å². The van der Waals surface area contributed by atoms with Gasteiger partial charge in [0.15, 0.2) is 0 Å². The van der Waals surface area contributed by atoms with Crippen LogP contribution in [0.2, 0.25) is 0 Å². The Balaban J connectivity index is 2.41. The van der Waals surface area contributed by atoms with Gasteiger partial charge >= 0.3 is 0 Å². The van der Waals surface area contributed by atoms with E-state index in [2.05, 4.69) is 25.1 Å².